The number of hydrogen-bond acceptors (Lipinski definition) is 4. The highest BCUT2D eigenvalue weighted by molar-refractivity contribution is 6.22. The number of aryl methyl sites for hydroxylation is 1. The number of carbonyl (C=O) groups is 3. The predicted molar refractivity (Wildman–Crippen MR) is 107 cm³/mol. The summed E-state index contributed by atoms with van der Waals surface area (Å²) in [5.41, 5.74) is 2.36. The first kappa shape index (κ1) is 20.7. The number of nitrogens with zero attached hydrogens (tertiary/aromatic N) is 2. The van der Waals surface area contributed by atoms with E-state index in [-0.39, 0.29) is 18.4 Å². The highest BCUT2D eigenvalue weighted by Crippen LogP contribution is 2.26. The Balaban J connectivity index is 1.71. The molecular formula is C22H24FN3O3. The summed E-state index contributed by atoms with van der Waals surface area (Å²) in [6.45, 7) is 3.63. The van der Waals surface area contributed by atoms with E-state index in [1.54, 1.807) is 30.3 Å². The summed E-state index contributed by atoms with van der Waals surface area (Å²) in [7, 11) is 3.71. The van der Waals surface area contributed by atoms with Gasteiger partial charge >= 0.3 is 0 Å². The average molecular weight is 397 g/mol. The van der Waals surface area contributed by atoms with Crippen LogP contribution in [0.25, 0.3) is 0 Å². The number of carbonyl (C=O) groups excluding carboxylic acids is 3. The third-order valence-corrected chi connectivity index (χ3v) is 5.19. The Morgan fingerprint density at radius 2 is 1.69 bits per heavy atom. The van der Waals surface area contributed by atoms with Gasteiger partial charge in [-0.25, -0.2) is 4.39 Å². The topological polar surface area (TPSA) is 69.7 Å². The molecule has 0 aliphatic carbocycles. The number of amides is 3. The maximum absolute atomic E-state index is 13.2. The molecule has 6 nitrogen and oxygen atoms in total. The summed E-state index contributed by atoms with van der Waals surface area (Å²) in [6.07, 6.45) is 0. The molecule has 2 atom stereocenters. The van der Waals surface area contributed by atoms with Gasteiger partial charge in [0.05, 0.1) is 17.2 Å². The molecule has 1 heterocycles. The van der Waals surface area contributed by atoms with Crippen LogP contribution in [-0.4, -0.2) is 54.2 Å². The SMILES string of the molecule is Cc1ccc2c(c1)C(=O)N([C@H](C)C(=O)NC[C@H](c1ccc(F)cc1)N(C)C)C2=O. The normalized spacial score (nSPS) is 15.4. The molecule has 1 N–H and O–H groups in total. The van der Waals surface area contributed by atoms with Gasteiger partial charge in [-0.3, -0.25) is 19.3 Å². The summed E-state index contributed by atoms with van der Waals surface area (Å²) < 4.78 is 13.2. The molecule has 3 amide bonds. The summed E-state index contributed by atoms with van der Waals surface area (Å²) in [5.74, 6) is -1.68. The Morgan fingerprint density at radius 3 is 2.31 bits per heavy atom. The lowest BCUT2D eigenvalue weighted by Gasteiger charge is -2.27. The molecule has 0 fully saturated rings. The van der Waals surface area contributed by atoms with Gasteiger partial charge in [0, 0.05) is 6.54 Å². The van der Waals surface area contributed by atoms with Gasteiger partial charge in [-0.1, -0.05) is 23.8 Å². The number of halogens is 1. The van der Waals surface area contributed by atoms with Crippen molar-refractivity contribution in [2.75, 3.05) is 20.6 Å². The number of imide groups is 1. The molecule has 0 radical (unpaired) electrons. The summed E-state index contributed by atoms with van der Waals surface area (Å²) in [4.78, 5) is 41.0. The Hall–Kier alpha value is -3.06. The molecule has 1 aliphatic rings. The molecule has 0 bridgehead atoms. The van der Waals surface area contributed by atoms with Gasteiger partial charge in [-0.05, 0) is 57.8 Å². The molecule has 0 saturated carbocycles. The number of hydrogen-bond donors (Lipinski definition) is 1. The minimum Gasteiger partial charge on any atom is -0.352 e. The third-order valence-electron chi connectivity index (χ3n) is 5.19. The maximum Gasteiger partial charge on any atom is 0.262 e. The molecule has 1 aliphatic heterocycles. The number of likely N-dealkylation sites (N-methyl/N-ethyl adjacent to an activating group) is 1. The molecule has 0 spiro atoms. The van der Waals surface area contributed by atoms with Crippen LogP contribution in [0.2, 0.25) is 0 Å². The Kier molecular flexibility index (Phi) is 5.79. The smallest absolute Gasteiger partial charge is 0.262 e. The predicted octanol–water partition coefficient (Wildman–Crippen LogP) is 2.54. The highest BCUT2D eigenvalue weighted by Gasteiger charge is 2.40. The van der Waals surface area contributed by atoms with Crippen LogP contribution in [0.4, 0.5) is 4.39 Å². The number of fused-ring (bicyclic) bond motifs is 1. The second-order valence-corrected chi connectivity index (χ2v) is 7.48. The van der Waals surface area contributed by atoms with E-state index in [9.17, 15) is 18.8 Å². The van der Waals surface area contributed by atoms with Crippen molar-refractivity contribution in [2.24, 2.45) is 0 Å². The van der Waals surface area contributed by atoms with Crippen molar-refractivity contribution in [2.45, 2.75) is 25.9 Å². The van der Waals surface area contributed by atoms with Crippen LogP contribution < -0.4 is 5.32 Å². The average Bonchev–Trinajstić information content (AvgIpc) is 2.92. The van der Waals surface area contributed by atoms with Crippen molar-refractivity contribution in [3.63, 3.8) is 0 Å². The van der Waals surface area contributed by atoms with Crippen LogP contribution in [0.15, 0.2) is 42.5 Å². The van der Waals surface area contributed by atoms with Crippen LogP contribution in [0, 0.1) is 12.7 Å². The zero-order chi connectivity index (χ0) is 21.3. The van der Waals surface area contributed by atoms with Crippen LogP contribution in [-0.2, 0) is 4.79 Å². The van der Waals surface area contributed by atoms with Crippen molar-refractivity contribution in [1.82, 2.24) is 15.1 Å². The van der Waals surface area contributed by atoms with Crippen LogP contribution >= 0.6 is 0 Å². The fraction of sp³-hybridized carbons (Fsp3) is 0.318. The van der Waals surface area contributed by atoms with E-state index in [1.807, 2.05) is 25.9 Å². The standard InChI is InChI=1S/C22H24FN3O3/c1-13-5-10-17-18(11-13)22(29)26(21(17)28)14(2)20(27)24-12-19(25(3)4)15-6-8-16(23)9-7-15/h5-11,14,19H,12H2,1-4H3,(H,24,27)/t14-,19-/m1/s1. The van der Waals surface area contributed by atoms with Crippen molar-refractivity contribution < 1.29 is 18.8 Å². The zero-order valence-electron chi connectivity index (χ0n) is 16.9. The Morgan fingerprint density at radius 1 is 1.07 bits per heavy atom. The number of benzene rings is 2. The Bertz CT molecular complexity index is 956. The molecule has 3 rings (SSSR count). The first-order valence-corrected chi connectivity index (χ1v) is 9.39. The fourth-order valence-corrected chi connectivity index (χ4v) is 3.47. The van der Waals surface area contributed by atoms with E-state index in [1.165, 1.54) is 19.1 Å². The third kappa shape index (κ3) is 4.05. The van der Waals surface area contributed by atoms with Gasteiger partial charge < -0.3 is 10.2 Å². The van der Waals surface area contributed by atoms with Crippen molar-refractivity contribution in [1.29, 1.82) is 0 Å². The van der Waals surface area contributed by atoms with E-state index < -0.39 is 23.8 Å². The van der Waals surface area contributed by atoms with Crippen LogP contribution in [0.5, 0.6) is 0 Å². The largest absolute Gasteiger partial charge is 0.352 e. The van der Waals surface area contributed by atoms with Gasteiger partial charge in [0.25, 0.3) is 11.8 Å². The molecule has 7 heteroatoms. The van der Waals surface area contributed by atoms with E-state index in [2.05, 4.69) is 5.32 Å². The molecular weight excluding hydrogens is 373 g/mol. The lowest BCUT2D eigenvalue weighted by atomic mass is 10.1. The number of nitrogens with one attached hydrogen (secondary N) is 1. The molecule has 0 aromatic heterocycles. The van der Waals surface area contributed by atoms with Gasteiger partial charge in [-0.2, -0.15) is 0 Å². The first-order chi connectivity index (χ1) is 13.7. The monoisotopic (exact) mass is 397 g/mol. The molecule has 29 heavy (non-hydrogen) atoms. The van der Waals surface area contributed by atoms with Crippen LogP contribution in [0.3, 0.4) is 0 Å². The highest BCUT2D eigenvalue weighted by atomic mass is 19.1. The van der Waals surface area contributed by atoms with Crippen molar-refractivity contribution in [3.8, 4) is 0 Å². The molecule has 0 unspecified atom stereocenters. The minimum absolute atomic E-state index is 0.184. The van der Waals surface area contributed by atoms with Gasteiger partial charge in [0.2, 0.25) is 5.91 Å². The fourth-order valence-electron chi connectivity index (χ4n) is 3.47. The second-order valence-electron chi connectivity index (χ2n) is 7.48. The molecule has 152 valence electrons. The van der Waals surface area contributed by atoms with Crippen LogP contribution in [0.1, 0.15) is 44.8 Å². The number of rotatable bonds is 6. The van der Waals surface area contributed by atoms with Gasteiger partial charge in [0.1, 0.15) is 11.9 Å². The maximum atomic E-state index is 13.2. The van der Waals surface area contributed by atoms with E-state index in [0.717, 1.165) is 16.0 Å². The first-order valence-electron chi connectivity index (χ1n) is 9.39. The lowest BCUT2D eigenvalue weighted by Crippen LogP contribution is -2.49. The molecule has 2 aromatic carbocycles. The summed E-state index contributed by atoms with van der Waals surface area (Å²) in [5, 5.41) is 2.81. The zero-order valence-corrected chi connectivity index (χ0v) is 16.9. The minimum atomic E-state index is -0.946. The van der Waals surface area contributed by atoms with Gasteiger partial charge in [-0.15, -0.1) is 0 Å². The molecule has 0 saturated heterocycles. The van der Waals surface area contributed by atoms with Crippen molar-refractivity contribution in [3.05, 3.63) is 70.5 Å². The van der Waals surface area contributed by atoms with E-state index in [0.29, 0.717) is 11.1 Å². The second kappa shape index (κ2) is 8.13. The summed E-state index contributed by atoms with van der Waals surface area (Å²) in [6, 6.07) is 10.00. The van der Waals surface area contributed by atoms with Crippen molar-refractivity contribution >= 4 is 17.7 Å². The lowest BCUT2D eigenvalue weighted by molar-refractivity contribution is -0.124. The molecule has 2 aromatic rings. The van der Waals surface area contributed by atoms with Gasteiger partial charge in [0.15, 0.2) is 0 Å². The Labute approximate surface area is 169 Å². The summed E-state index contributed by atoms with van der Waals surface area (Å²) >= 11 is 0. The van der Waals surface area contributed by atoms with E-state index in [4.69, 9.17) is 0 Å². The van der Waals surface area contributed by atoms with E-state index >= 15 is 0 Å². The quantitative estimate of drug-likeness (QED) is 0.761.